The molecule has 90 valence electrons. The van der Waals surface area contributed by atoms with E-state index in [9.17, 15) is 18.3 Å². The van der Waals surface area contributed by atoms with Crippen molar-refractivity contribution in [1.29, 1.82) is 0 Å². The van der Waals surface area contributed by atoms with Gasteiger partial charge in [-0.25, -0.2) is 0 Å². The minimum Gasteiger partial charge on any atom is -0.382 e. The van der Waals surface area contributed by atoms with Gasteiger partial charge in [0.05, 0.1) is 5.56 Å². The van der Waals surface area contributed by atoms with Crippen molar-refractivity contribution in [3.63, 3.8) is 0 Å². The maximum atomic E-state index is 12.7. The quantitative estimate of drug-likeness (QED) is 0.898. The molecule has 0 bridgehead atoms. The predicted octanol–water partition coefficient (Wildman–Crippen LogP) is 2.03. The molecular formula is C9H6F3N3OS. The highest BCUT2D eigenvalue weighted by molar-refractivity contribution is 7.03. The van der Waals surface area contributed by atoms with Crippen LogP contribution in [0.1, 0.15) is 22.9 Å². The van der Waals surface area contributed by atoms with Crippen LogP contribution >= 0.6 is 11.5 Å². The van der Waals surface area contributed by atoms with Crippen molar-refractivity contribution in [3.05, 3.63) is 40.7 Å². The maximum absolute atomic E-state index is 12.7. The second-order valence-corrected chi connectivity index (χ2v) is 3.80. The number of rotatable bonds is 2. The molecule has 0 saturated heterocycles. The van der Waals surface area contributed by atoms with E-state index in [1.807, 2.05) is 0 Å². The van der Waals surface area contributed by atoms with E-state index in [1.165, 1.54) is 5.38 Å². The van der Waals surface area contributed by atoms with Gasteiger partial charge < -0.3 is 5.11 Å². The summed E-state index contributed by atoms with van der Waals surface area (Å²) in [5.41, 5.74) is -1.17. The van der Waals surface area contributed by atoms with E-state index in [4.69, 9.17) is 0 Å². The number of alkyl halides is 3. The Morgan fingerprint density at radius 1 is 1.35 bits per heavy atom. The lowest BCUT2D eigenvalue weighted by molar-refractivity contribution is -0.139. The van der Waals surface area contributed by atoms with Crippen LogP contribution in [0, 0.1) is 0 Å². The Bertz CT molecular complexity index is 500. The minimum atomic E-state index is -4.54. The summed E-state index contributed by atoms with van der Waals surface area (Å²) in [4.78, 5) is 3.59. The molecule has 4 nitrogen and oxygen atoms in total. The van der Waals surface area contributed by atoms with Crippen LogP contribution in [-0.2, 0) is 6.18 Å². The number of hydrogen-bond acceptors (Lipinski definition) is 5. The van der Waals surface area contributed by atoms with Gasteiger partial charge in [-0.2, -0.15) is 13.2 Å². The highest BCUT2D eigenvalue weighted by atomic mass is 32.1. The summed E-state index contributed by atoms with van der Waals surface area (Å²) in [5.74, 6) is 0. The van der Waals surface area contributed by atoms with Gasteiger partial charge in [0.25, 0.3) is 0 Å². The average Bonchev–Trinajstić information content (AvgIpc) is 2.80. The number of nitrogens with zero attached hydrogens (tertiary/aromatic N) is 3. The highest BCUT2D eigenvalue weighted by Gasteiger charge is 2.35. The molecule has 1 N–H and O–H groups in total. The van der Waals surface area contributed by atoms with E-state index < -0.39 is 17.8 Å². The topological polar surface area (TPSA) is 58.9 Å². The summed E-state index contributed by atoms with van der Waals surface area (Å²) in [6.07, 6.45) is -4.01. The Labute approximate surface area is 97.9 Å². The molecule has 8 heteroatoms. The number of pyridine rings is 1. The first-order valence-electron chi connectivity index (χ1n) is 4.46. The van der Waals surface area contributed by atoms with Crippen molar-refractivity contribution in [2.24, 2.45) is 0 Å². The lowest BCUT2D eigenvalue weighted by Gasteiger charge is -2.14. The van der Waals surface area contributed by atoms with Crippen molar-refractivity contribution in [3.8, 4) is 0 Å². The first-order valence-corrected chi connectivity index (χ1v) is 5.30. The van der Waals surface area contributed by atoms with Gasteiger partial charge in [-0.15, -0.1) is 5.10 Å². The smallest absolute Gasteiger partial charge is 0.382 e. The third kappa shape index (κ3) is 2.42. The Morgan fingerprint density at radius 3 is 2.71 bits per heavy atom. The van der Waals surface area contributed by atoms with Crippen molar-refractivity contribution >= 4 is 11.5 Å². The predicted molar refractivity (Wildman–Crippen MR) is 53.2 cm³/mol. The lowest BCUT2D eigenvalue weighted by Crippen LogP contribution is -2.13. The van der Waals surface area contributed by atoms with Crippen LogP contribution in [0.2, 0.25) is 0 Å². The van der Waals surface area contributed by atoms with E-state index in [-0.39, 0.29) is 11.3 Å². The highest BCUT2D eigenvalue weighted by Crippen LogP contribution is 2.35. The first kappa shape index (κ1) is 11.9. The Kier molecular flexibility index (Phi) is 3.07. The van der Waals surface area contributed by atoms with Gasteiger partial charge in [-0.05, 0) is 17.6 Å². The zero-order valence-electron chi connectivity index (χ0n) is 8.22. The van der Waals surface area contributed by atoms with Crippen LogP contribution in [0.15, 0.2) is 23.8 Å². The van der Waals surface area contributed by atoms with E-state index in [0.29, 0.717) is 0 Å². The van der Waals surface area contributed by atoms with Crippen LogP contribution in [0.5, 0.6) is 0 Å². The van der Waals surface area contributed by atoms with E-state index in [1.54, 1.807) is 0 Å². The third-order valence-corrected chi connectivity index (χ3v) is 2.63. The molecule has 0 spiro atoms. The molecule has 1 atom stereocenters. The van der Waals surface area contributed by atoms with Crippen LogP contribution in [0.25, 0.3) is 0 Å². The maximum Gasteiger partial charge on any atom is 0.416 e. The van der Waals surface area contributed by atoms with E-state index in [2.05, 4.69) is 14.6 Å². The Hall–Kier alpha value is -1.54. The molecule has 0 aliphatic heterocycles. The summed E-state index contributed by atoms with van der Waals surface area (Å²) in [5, 5.41) is 14.7. The third-order valence-electron chi connectivity index (χ3n) is 2.11. The molecule has 0 aromatic carbocycles. The van der Waals surface area contributed by atoms with Crippen molar-refractivity contribution in [2.45, 2.75) is 12.3 Å². The fourth-order valence-corrected chi connectivity index (χ4v) is 1.81. The van der Waals surface area contributed by atoms with Crippen LogP contribution in [-0.4, -0.2) is 19.7 Å². The van der Waals surface area contributed by atoms with Crippen molar-refractivity contribution in [2.75, 3.05) is 0 Å². The molecule has 1 unspecified atom stereocenters. The molecule has 2 aromatic rings. The molecule has 17 heavy (non-hydrogen) atoms. The van der Waals surface area contributed by atoms with Crippen molar-refractivity contribution < 1.29 is 18.3 Å². The van der Waals surface area contributed by atoms with Crippen molar-refractivity contribution in [1.82, 2.24) is 14.6 Å². The fourth-order valence-electron chi connectivity index (χ4n) is 1.33. The van der Waals surface area contributed by atoms with E-state index in [0.717, 1.165) is 30.0 Å². The molecular weight excluding hydrogens is 255 g/mol. The largest absolute Gasteiger partial charge is 0.416 e. The zero-order valence-corrected chi connectivity index (χ0v) is 9.03. The molecule has 0 fully saturated rings. The van der Waals surface area contributed by atoms with Gasteiger partial charge in [-0.3, -0.25) is 4.98 Å². The van der Waals surface area contributed by atoms with Gasteiger partial charge in [0.1, 0.15) is 11.8 Å². The molecule has 0 aliphatic carbocycles. The van der Waals surface area contributed by atoms with Crippen LogP contribution in [0.3, 0.4) is 0 Å². The molecule has 0 amide bonds. The molecule has 2 heterocycles. The second kappa shape index (κ2) is 4.38. The van der Waals surface area contributed by atoms with Gasteiger partial charge in [0.15, 0.2) is 0 Å². The first-order chi connectivity index (χ1) is 8.00. The molecule has 0 aliphatic rings. The van der Waals surface area contributed by atoms with Crippen LogP contribution < -0.4 is 0 Å². The van der Waals surface area contributed by atoms with Gasteiger partial charge >= 0.3 is 6.18 Å². The number of aliphatic hydroxyl groups excluding tert-OH is 1. The number of hydrogen-bond donors (Lipinski definition) is 1. The number of aliphatic hydroxyl groups is 1. The summed E-state index contributed by atoms with van der Waals surface area (Å²) in [6.45, 7) is 0. The average molecular weight is 261 g/mol. The summed E-state index contributed by atoms with van der Waals surface area (Å²) in [6, 6.07) is 0.818. The molecule has 0 radical (unpaired) electrons. The number of aromatic nitrogens is 3. The van der Waals surface area contributed by atoms with Gasteiger partial charge in [-0.1, -0.05) is 4.49 Å². The fraction of sp³-hybridized carbons (Fsp3) is 0.222. The van der Waals surface area contributed by atoms with Gasteiger partial charge in [0.2, 0.25) is 0 Å². The standard InChI is InChI=1S/C9H6F3N3OS/c10-9(11,12)6-1-2-13-3-5(6)8(16)7-4-17-15-14-7/h1-4,8,16H. The number of halogens is 3. The molecule has 2 rings (SSSR count). The lowest BCUT2D eigenvalue weighted by atomic mass is 10.0. The van der Waals surface area contributed by atoms with E-state index >= 15 is 0 Å². The van der Waals surface area contributed by atoms with Crippen LogP contribution in [0.4, 0.5) is 13.2 Å². The second-order valence-electron chi connectivity index (χ2n) is 3.19. The Balaban J connectivity index is 2.46. The SMILES string of the molecule is OC(c1csnn1)c1cnccc1C(F)(F)F. The summed E-state index contributed by atoms with van der Waals surface area (Å²) < 4.78 is 41.5. The molecule has 0 saturated carbocycles. The minimum absolute atomic E-state index is 0.0773. The Morgan fingerprint density at radius 2 is 2.12 bits per heavy atom. The normalized spacial score (nSPS) is 13.6. The monoisotopic (exact) mass is 261 g/mol. The summed E-state index contributed by atoms with van der Waals surface area (Å²) in [7, 11) is 0. The van der Waals surface area contributed by atoms with Gasteiger partial charge in [0, 0.05) is 23.3 Å². The zero-order chi connectivity index (χ0) is 12.5. The summed E-state index contributed by atoms with van der Waals surface area (Å²) >= 11 is 0.953. The molecule has 2 aromatic heterocycles.